The molecule has 0 radical (unpaired) electrons. The fraction of sp³-hybridized carbons (Fsp3) is 0.533. The van der Waals surface area contributed by atoms with Crippen LogP contribution in [0.5, 0.6) is 11.5 Å². The van der Waals surface area contributed by atoms with Crippen molar-refractivity contribution in [2.75, 3.05) is 6.61 Å². The lowest BCUT2D eigenvalue weighted by atomic mass is 10.1. The van der Waals surface area contributed by atoms with Crippen LogP contribution < -0.4 is 15.4 Å². The number of nitrogens with one attached hydrogen (secondary N) is 2. The maximum atomic E-state index is 12.1. The van der Waals surface area contributed by atoms with E-state index in [0.29, 0.717) is 12.4 Å². The Morgan fingerprint density at radius 1 is 1.45 bits per heavy atom. The lowest BCUT2D eigenvalue weighted by molar-refractivity contribution is -0.124. The molecule has 2 rings (SSSR count). The molecule has 3 N–H and O–H groups in total. The van der Waals surface area contributed by atoms with Crippen molar-refractivity contribution < 1.29 is 14.6 Å². The van der Waals surface area contributed by atoms with E-state index in [9.17, 15) is 9.90 Å². The molecule has 1 aromatic rings. The third-order valence-electron chi connectivity index (χ3n) is 3.12. The molecule has 1 amide bonds. The number of fused-ring (bicyclic) bond motifs is 1. The minimum atomic E-state index is -0.317. The summed E-state index contributed by atoms with van der Waals surface area (Å²) in [6.07, 6.45) is 0. The number of carbonyl (C=O) groups excluding carboxylic acids is 1. The van der Waals surface area contributed by atoms with Crippen LogP contribution >= 0.6 is 0 Å². The van der Waals surface area contributed by atoms with Gasteiger partial charge in [-0.3, -0.25) is 10.1 Å². The van der Waals surface area contributed by atoms with E-state index in [1.54, 1.807) is 12.1 Å². The Morgan fingerprint density at radius 2 is 2.15 bits per heavy atom. The highest BCUT2D eigenvalue weighted by Crippen LogP contribution is 2.35. The number of ether oxygens (including phenoxy) is 1. The van der Waals surface area contributed by atoms with E-state index in [4.69, 9.17) is 4.74 Å². The average molecular weight is 278 g/mol. The van der Waals surface area contributed by atoms with Gasteiger partial charge in [-0.05, 0) is 39.8 Å². The Bertz CT molecular complexity index is 508. The van der Waals surface area contributed by atoms with E-state index in [1.807, 2.05) is 33.8 Å². The van der Waals surface area contributed by atoms with E-state index in [0.717, 1.165) is 5.56 Å². The number of hydrogen-bond acceptors (Lipinski definition) is 4. The third-order valence-corrected chi connectivity index (χ3v) is 3.12. The summed E-state index contributed by atoms with van der Waals surface area (Å²) in [5.41, 5.74) is 0.723. The van der Waals surface area contributed by atoms with Crippen LogP contribution in [0.3, 0.4) is 0 Å². The minimum absolute atomic E-state index is 0.0358. The Balaban J connectivity index is 2.01. The van der Waals surface area contributed by atoms with Gasteiger partial charge < -0.3 is 15.2 Å². The smallest absolute Gasteiger partial charge is 0.237 e. The molecular formula is C15H22N2O3. The maximum Gasteiger partial charge on any atom is 0.237 e. The van der Waals surface area contributed by atoms with E-state index in [1.165, 1.54) is 0 Å². The second-order valence-electron chi connectivity index (χ2n) is 6.21. The number of hydrogen-bond donors (Lipinski definition) is 3. The van der Waals surface area contributed by atoms with Gasteiger partial charge in [0.05, 0.1) is 12.1 Å². The largest absolute Gasteiger partial charge is 0.508 e. The fourth-order valence-electron chi connectivity index (χ4n) is 2.19. The van der Waals surface area contributed by atoms with Gasteiger partial charge in [0.1, 0.15) is 18.1 Å². The number of amides is 1. The molecule has 5 heteroatoms. The van der Waals surface area contributed by atoms with Gasteiger partial charge in [0, 0.05) is 17.2 Å². The molecule has 110 valence electrons. The van der Waals surface area contributed by atoms with Gasteiger partial charge in [-0.1, -0.05) is 0 Å². The summed E-state index contributed by atoms with van der Waals surface area (Å²) in [4.78, 5) is 12.1. The first kappa shape index (κ1) is 14.7. The minimum Gasteiger partial charge on any atom is -0.508 e. The van der Waals surface area contributed by atoms with Gasteiger partial charge in [0.2, 0.25) is 5.91 Å². The summed E-state index contributed by atoms with van der Waals surface area (Å²) >= 11 is 0. The molecule has 1 aliphatic heterocycles. The molecule has 0 spiro atoms. The standard InChI is InChI=1S/C15H22N2O3/c1-9(14(19)17-15(2,3)4)16-12-8-20-13-7-10(18)5-6-11(12)13/h5-7,9,12,16,18H,8H2,1-4H3,(H,17,19). The zero-order valence-corrected chi connectivity index (χ0v) is 12.4. The first-order valence-electron chi connectivity index (χ1n) is 6.80. The van der Waals surface area contributed by atoms with Gasteiger partial charge in [-0.25, -0.2) is 0 Å². The number of benzene rings is 1. The molecule has 0 saturated carbocycles. The summed E-state index contributed by atoms with van der Waals surface area (Å²) in [6.45, 7) is 8.16. The van der Waals surface area contributed by atoms with Gasteiger partial charge in [-0.15, -0.1) is 0 Å². The lowest BCUT2D eigenvalue weighted by Crippen LogP contribution is -2.50. The molecule has 1 heterocycles. The number of carbonyl (C=O) groups is 1. The van der Waals surface area contributed by atoms with Gasteiger partial charge >= 0.3 is 0 Å². The summed E-state index contributed by atoms with van der Waals surface area (Å²) in [7, 11) is 0. The number of rotatable bonds is 3. The monoisotopic (exact) mass is 278 g/mol. The van der Waals surface area contributed by atoms with Crippen molar-refractivity contribution in [3.8, 4) is 11.5 Å². The summed E-state index contributed by atoms with van der Waals surface area (Å²) in [6, 6.07) is 4.69. The summed E-state index contributed by atoms with van der Waals surface area (Å²) < 4.78 is 5.52. The Hall–Kier alpha value is -1.75. The van der Waals surface area contributed by atoms with Crippen LogP contribution in [0.1, 0.15) is 39.3 Å². The third kappa shape index (κ3) is 3.42. The lowest BCUT2D eigenvalue weighted by Gasteiger charge is -2.25. The van der Waals surface area contributed by atoms with Crippen LogP contribution in [0.15, 0.2) is 18.2 Å². The second-order valence-corrected chi connectivity index (χ2v) is 6.21. The van der Waals surface area contributed by atoms with Gasteiger partial charge in [0.25, 0.3) is 0 Å². The van der Waals surface area contributed by atoms with Crippen LogP contribution in [-0.2, 0) is 4.79 Å². The molecule has 0 bridgehead atoms. The average Bonchev–Trinajstić information content (AvgIpc) is 2.69. The molecule has 5 nitrogen and oxygen atoms in total. The predicted octanol–water partition coefficient (Wildman–Crippen LogP) is 1.72. The van der Waals surface area contributed by atoms with Crippen LogP contribution in [0.4, 0.5) is 0 Å². The van der Waals surface area contributed by atoms with Crippen molar-refractivity contribution in [1.29, 1.82) is 0 Å². The van der Waals surface area contributed by atoms with Crippen molar-refractivity contribution in [3.63, 3.8) is 0 Å². The molecule has 20 heavy (non-hydrogen) atoms. The van der Waals surface area contributed by atoms with Crippen LogP contribution in [-0.4, -0.2) is 29.2 Å². The van der Waals surface area contributed by atoms with E-state index in [-0.39, 0.29) is 29.3 Å². The van der Waals surface area contributed by atoms with Crippen molar-refractivity contribution >= 4 is 5.91 Å². The van der Waals surface area contributed by atoms with Crippen LogP contribution in [0.25, 0.3) is 0 Å². The summed E-state index contributed by atoms with van der Waals surface area (Å²) in [5, 5.41) is 15.6. The highest BCUT2D eigenvalue weighted by molar-refractivity contribution is 5.82. The number of phenolic OH excluding ortho intramolecular Hbond substituents is 1. The molecular weight excluding hydrogens is 256 g/mol. The predicted molar refractivity (Wildman–Crippen MR) is 76.8 cm³/mol. The molecule has 2 atom stereocenters. The van der Waals surface area contributed by atoms with Crippen molar-refractivity contribution in [2.45, 2.75) is 45.3 Å². The van der Waals surface area contributed by atoms with Crippen LogP contribution in [0.2, 0.25) is 0 Å². The molecule has 1 aliphatic rings. The SMILES string of the molecule is CC(NC1COc2cc(O)ccc21)C(=O)NC(C)(C)C. The zero-order chi connectivity index (χ0) is 14.9. The van der Waals surface area contributed by atoms with Crippen LogP contribution in [0, 0.1) is 0 Å². The maximum absolute atomic E-state index is 12.1. The molecule has 2 unspecified atom stereocenters. The highest BCUT2D eigenvalue weighted by Gasteiger charge is 2.28. The Morgan fingerprint density at radius 3 is 2.80 bits per heavy atom. The van der Waals surface area contributed by atoms with Gasteiger partial charge in [-0.2, -0.15) is 0 Å². The van der Waals surface area contributed by atoms with Crippen molar-refractivity contribution in [1.82, 2.24) is 10.6 Å². The highest BCUT2D eigenvalue weighted by atomic mass is 16.5. The summed E-state index contributed by atoms with van der Waals surface area (Å²) in [5.74, 6) is 0.818. The van der Waals surface area contributed by atoms with E-state index >= 15 is 0 Å². The topological polar surface area (TPSA) is 70.6 Å². The molecule has 0 fully saturated rings. The Labute approximate surface area is 119 Å². The first-order valence-corrected chi connectivity index (χ1v) is 6.80. The molecule has 0 saturated heterocycles. The van der Waals surface area contributed by atoms with Gasteiger partial charge in [0.15, 0.2) is 0 Å². The quantitative estimate of drug-likeness (QED) is 0.787. The second kappa shape index (κ2) is 5.32. The fourth-order valence-corrected chi connectivity index (χ4v) is 2.19. The van der Waals surface area contributed by atoms with Crippen molar-refractivity contribution in [3.05, 3.63) is 23.8 Å². The first-order chi connectivity index (χ1) is 9.26. The zero-order valence-electron chi connectivity index (χ0n) is 12.4. The molecule has 0 aromatic heterocycles. The van der Waals surface area contributed by atoms with Crippen molar-refractivity contribution in [2.24, 2.45) is 0 Å². The van der Waals surface area contributed by atoms with E-state index < -0.39 is 0 Å². The Kier molecular flexibility index (Phi) is 3.90. The molecule has 0 aliphatic carbocycles. The number of aromatic hydroxyl groups is 1. The van der Waals surface area contributed by atoms with E-state index in [2.05, 4.69) is 10.6 Å². The normalized spacial score (nSPS) is 19.1. The molecule has 1 aromatic carbocycles. The number of phenols is 1.